The van der Waals surface area contributed by atoms with Gasteiger partial charge in [0.1, 0.15) is 0 Å². The highest BCUT2D eigenvalue weighted by Gasteiger charge is 2.39. The van der Waals surface area contributed by atoms with Gasteiger partial charge in [-0.25, -0.2) is 5.84 Å². The molecule has 0 bridgehead atoms. The lowest BCUT2D eigenvalue weighted by Gasteiger charge is -2.47. The summed E-state index contributed by atoms with van der Waals surface area (Å²) in [5, 5.41) is 0. The number of nitrogen functional groups attached to an aromatic ring is 1. The second kappa shape index (κ2) is 5.02. The molecule has 8 nitrogen and oxygen atoms in total. The van der Waals surface area contributed by atoms with Gasteiger partial charge in [-0.15, -0.1) is 0 Å². The van der Waals surface area contributed by atoms with Crippen LogP contribution < -0.4 is 20.9 Å². The molecule has 2 heterocycles. The van der Waals surface area contributed by atoms with Crippen molar-refractivity contribution in [3.05, 3.63) is 0 Å². The SMILES string of the molecule is COc1nc(NN)nc(N2CC(C)(C)OC(C)(C)C2)n1. The van der Waals surface area contributed by atoms with Crippen LogP contribution in [0.3, 0.4) is 0 Å². The summed E-state index contributed by atoms with van der Waals surface area (Å²) in [7, 11) is 1.51. The van der Waals surface area contributed by atoms with E-state index < -0.39 is 0 Å². The number of ether oxygens (including phenoxy) is 2. The Balaban J connectivity index is 2.34. The maximum Gasteiger partial charge on any atom is 0.322 e. The second-order valence-corrected chi connectivity index (χ2v) is 6.07. The zero-order valence-electron chi connectivity index (χ0n) is 12.6. The third-order valence-corrected chi connectivity index (χ3v) is 2.89. The van der Waals surface area contributed by atoms with E-state index in [2.05, 4.69) is 25.3 Å². The van der Waals surface area contributed by atoms with E-state index in [4.69, 9.17) is 15.3 Å². The number of aromatic nitrogens is 3. The lowest BCUT2D eigenvalue weighted by atomic mass is 9.99. The van der Waals surface area contributed by atoms with E-state index in [9.17, 15) is 0 Å². The van der Waals surface area contributed by atoms with Crippen molar-refractivity contribution in [2.45, 2.75) is 38.9 Å². The molecule has 0 unspecified atom stereocenters. The monoisotopic (exact) mass is 282 g/mol. The Morgan fingerprint density at radius 2 is 1.75 bits per heavy atom. The van der Waals surface area contributed by atoms with Crippen LogP contribution in [0.4, 0.5) is 11.9 Å². The average molecular weight is 282 g/mol. The molecule has 0 aromatic carbocycles. The summed E-state index contributed by atoms with van der Waals surface area (Å²) in [5.41, 5.74) is 1.84. The van der Waals surface area contributed by atoms with Crippen molar-refractivity contribution in [2.24, 2.45) is 5.84 Å². The van der Waals surface area contributed by atoms with Gasteiger partial charge in [0.25, 0.3) is 0 Å². The average Bonchev–Trinajstić information content (AvgIpc) is 2.34. The van der Waals surface area contributed by atoms with Crippen LogP contribution in [0.15, 0.2) is 0 Å². The number of methoxy groups -OCH3 is 1. The third kappa shape index (κ3) is 3.26. The lowest BCUT2D eigenvalue weighted by molar-refractivity contribution is -0.133. The molecular weight excluding hydrogens is 260 g/mol. The van der Waals surface area contributed by atoms with E-state index >= 15 is 0 Å². The Kier molecular flexibility index (Phi) is 3.70. The minimum atomic E-state index is -0.294. The Morgan fingerprint density at radius 3 is 2.25 bits per heavy atom. The normalized spacial score (nSPS) is 20.6. The van der Waals surface area contributed by atoms with Crippen LogP contribution in [-0.2, 0) is 4.74 Å². The van der Waals surface area contributed by atoms with E-state index in [-0.39, 0.29) is 23.2 Å². The van der Waals surface area contributed by atoms with Gasteiger partial charge in [0.15, 0.2) is 0 Å². The largest absolute Gasteiger partial charge is 0.467 e. The first-order valence-electron chi connectivity index (χ1n) is 6.46. The molecule has 20 heavy (non-hydrogen) atoms. The van der Waals surface area contributed by atoms with Crippen molar-refractivity contribution in [3.8, 4) is 6.01 Å². The quantitative estimate of drug-likeness (QED) is 0.613. The van der Waals surface area contributed by atoms with E-state index in [1.807, 2.05) is 27.7 Å². The van der Waals surface area contributed by atoms with Crippen molar-refractivity contribution in [3.63, 3.8) is 0 Å². The number of nitrogens with two attached hydrogens (primary N) is 1. The predicted octanol–water partition coefficient (Wildman–Crippen LogP) is 0.560. The van der Waals surface area contributed by atoms with Gasteiger partial charge in [-0.2, -0.15) is 15.0 Å². The van der Waals surface area contributed by atoms with Crippen LogP contribution in [0.5, 0.6) is 6.01 Å². The number of hydrazine groups is 1. The highest BCUT2D eigenvalue weighted by Crippen LogP contribution is 2.30. The van der Waals surface area contributed by atoms with E-state index in [1.54, 1.807) is 0 Å². The highest BCUT2D eigenvalue weighted by molar-refractivity contribution is 5.39. The van der Waals surface area contributed by atoms with Gasteiger partial charge in [0.2, 0.25) is 11.9 Å². The molecule has 1 aromatic rings. The van der Waals surface area contributed by atoms with Gasteiger partial charge in [-0.3, -0.25) is 5.43 Å². The molecule has 0 saturated carbocycles. The maximum absolute atomic E-state index is 6.04. The predicted molar refractivity (Wildman–Crippen MR) is 75.6 cm³/mol. The maximum atomic E-state index is 6.04. The second-order valence-electron chi connectivity index (χ2n) is 6.07. The van der Waals surface area contributed by atoms with Crippen molar-refractivity contribution in [2.75, 3.05) is 30.5 Å². The molecule has 3 N–H and O–H groups in total. The molecule has 2 rings (SSSR count). The molecule has 1 aliphatic rings. The van der Waals surface area contributed by atoms with Crippen molar-refractivity contribution in [1.29, 1.82) is 0 Å². The van der Waals surface area contributed by atoms with Gasteiger partial charge in [-0.05, 0) is 27.7 Å². The number of hydrogen-bond donors (Lipinski definition) is 2. The van der Waals surface area contributed by atoms with E-state index in [1.165, 1.54) is 7.11 Å². The Morgan fingerprint density at radius 1 is 1.15 bits per heavy atom. The summed E-state index contributed by atoms with van der Waals surface area (Å²) in [6, 6.07) is 0.227. The third-order valence-electron chi connectivity index (χ3n) is 2.89. The number of rotatable bonds is 3. The van der Waals surface area contributed by atoms with Gasteiger partial charge in [-0.1, -0.05) is 0 Å². The molecule has 8 heteroatoms. The summed E-state index contributed by atoms with van der Waals surface area (Å²) in [6.45, 7) is 9.52. The number of nitrogens with zero attached hydrogens (tertiary/aromatic N) is 4. The standard InChI is InChI=1S/C12H22N6O2/c1-11(2)6-18(7-12(3,4)20-11)9-14-8(17-13)15-10(16-9)19-5/h6-7,13H2,1-5H3,(H,14,15,16,17). The topological polar surface area (TPSA) is 98.4 Å². The number of hydrogen-bond acceptors (Lipinski definition) is 8. The molecule has 0 amide bonds. The van der Waals surface area contributed by atoms with Gasteiger partial charge >= 0.3 is 6.01 Å². The molecular formula is C12H22N6O2. The number of anilines is 2. The summed E-state index contributed by atoms with van der Waals surface area (Å²) in [5.74, 6) is 6.17. The Labute approximate surface area is 118 Å². The summed E-state index contributed by atoms with van der Waals surface area (Å²) >= 11 is 0. The molecule has 1 aromatic heterocycles. The van der Waals surface area contributed by atoms with Gasteiger partial charge < -0.3 is 14.4 Å². The fourth-order valence-electron chi connectivity index (χ4n) is 2.57. The van der Waals surface area contributed by atoms with Crippen LogP contribution in [0, 0.1) is 0 Å². The van der Waals surface area contributed by atoms with Crippen LogP contribution >= 0.6 is 0 Å². The van der Waals surface area contributed by atoms with Gasteiger partial charge in [0.05, 0.1) is 18.3 Å². The zero-order valence-corrected chi connectivity index (χ0v) is 12.6. The van der Waals surface area contributed by atoms with Crippen LogP contribution in [0.25, 0.3) is 0 Å². The fourth-order valence-corrected chi connectivity index (χ4v) is 2.57. The molecule has 1 aliphatic heterocycles. The van der Waals surface area contributed by atoms with E-state index in [0.717, 1.165) is 0 Å². The highest BCUT2D eigenvalue weighted by atomic mass is 16.5. The molecule has 112 valence electrons. The summed E-state index contributed by atoms with van der Waals surface area (Å²) in [6.07, 6.45) is 0. The Bertz CT molecular complexity index is 453. The van der Waals surface area contributed by atoms with E-state index in [0.29, 0.717) is 19.0 Å². The van der Waals surface area contributed by atoms with Crippen LogP contribution in [0.1, 0.15) is 27.7 Å². The minimum Gasteiger partial charge on any atom is -0.467 e. The molecule has 0 radical (unpaired) electrons. The van der Waals surface area contributed by atoms with Crippen molar-refractivity contribution in [1.82, 2.24) is 15.0 Å². The zero-order chi connectivity index (χ0) is 15.0. The summed E-state index contributed by atoms with van der Waals surface area (Å²) in [4.78, 5) is 14.6. The lowest BCUT2D eigenvalue weighted by Crippen LogP contribution is -2.57. The molecule has 1 saturated heterocycles. The first kappa shape index (κ1) is 14.7. The Hall–Kier alpha value is -1.67. The molecule has 1 fully saturated rings. The van der Waals surface area contributed by atoms with Crippen LogP contribution in [-0.4, -0.2) is 46.4 Å². The number of morpholine rings is 1. The van der Waals surface area contributed by atoms with Crippen LogP contribution in [0.2, 0.25) is 0 Å². The van der Waals surface area contributed by atoms with Crippen molar-refractivity contribution < 1.29 is 9.47 Å². The fraction of sp³-hybridized carbons (Fsp3) is 0.750. The van der Waals surface area contributed by atoms with Gasteiger partial charge in [0, 0.05) is 13.1 Å². The summed E-state index contributed by atoms with van der Waals surface area (Å²) < 4.78 is 11.1. The first-order valence-corrected chi connectivity index (χ1v) is 6.46. The molecule has 0 atom stereocenters. The molecule has 0 spiro atoms. The molecule has 0 aliphatic carbocycles. The minimum absolute atomic E-state index is 0.227. The van der Waals surface area contributed by atoms with Crippen molar-refractivity contribution >= 4 is 11.9 Å². The first-order chi connectivity index (χ1) is 9.24. The number of nitrogens with one attached hydrogen (secondary N) is 1. The smallest absolute Gasteiger partial charge is 0.322 e.